The van der Waals surface area contributed by atoms with E-state index >= 15 is 0 Å². The highest BCUT2D eigenvalue weighted by molar-refractivity contribution is 5.93. The number of β-amino-alcohol motifs (C(OH)–C–C–N with tert-alkyl or cyclic N) is 1. The third kappa shape index (κ3) is 3.85. The number of halogens is 1. The highest BCUT2D eigenvalue weighted by Gasteiger charge is 2.32. The summed E-state index contributed by atoms with van der Waals surface area (Å²) in [7, 11) is 1.41. The van der Waals surface area contributed by atoms with Gasteiger partial charge in [0.25, 0.3) is 5.91 Å². The number of carbonyl (C=O) groups is 1. The van der Waals surface area contributed by atoms with Gasteiger partial charge in [0.05, 0.1) is 19.2 Å². The fourth-order valence-electron chi connectivity index (χ4n) is 2.86. The van der Waals surface area contributed by atoms with E-state index in [4.69, 9.17) is 9.47 Å². The maximum Gasteiger partial charge on any atom is 0.255 e. The molecular formula is C18H19FN2O5. The molecule has 1 aromatic carbocycles. The number of nitrogens with one attached hydrogen (secondary N) is 1. The molecule has 1 aliphatic heterocycles. The number of aliphatic hydroxyl groups is 1. The number of pyridine rings is 1. The molecule has 0 radical (unpaired) electrons. The summed E-state index contributed by atoms with van der Waals surface area (Å²) in [6, 6.07) is 6.62. The second-order valence-electron chi connectivity index (χ2n) is 6.00. The molecule has 1 amide bonds. The summed E-state index contributed by atoms with van der Waals surface area (Å²) >= 11 is 0. The van der Waals surface area contributed by atoms with E-state index in [0.717, 1.165) is 0 Å². The van der Waals surface area contributed by atoms with Crippen molar-refractivity contribution in [3.8, 4) is 11.5 Å². The third-order valence-corrected chi connectivity index (χ3v) is 4.24. The van der Waals surface area contributed by atoms with Crippen LogP contribution in [0.5, 0.6) is 11.5 Å². The zero-order chi connectivity index (χ0) is 18.7. The molecule has 0 spiro atoms. The molecular weight excluding hydrogens is 343 g/mol. The summed E-state index contributed by atoms with van der Waals surface area (Å²) < 4.78 is 24.1. The van der Waals surface area contributed by atoms with Gasteiger partial charge in [0.2, 0.25) is 5.56 Å². The van der Waals surface area contributed by atoms with Crippen molar-refractivity contribution in [2.24, 2.45) is 0 Å². The van der Waals surface area contributed by atoms with Crippen LogP contribution < -0.4 is 15.0 Å². The maximum absolute atomic E-state index is 13.3. The number of piperidine rings is 1. The minimum atomic E-state index is -0.912. The number of rotatable bonds is 4. The number of carbonyl (C=O) groups excluding carboxylic acids is 1. The Morgan fingerprint density at radius 3 is 2.77 bits per heavy atom. The van der Waals surface area contributed by atoms with Gasteiger partial charge in [-0.3, -0.25) is 9.59 Å². The van der Waals surface area contributed by atoms with Crippen molar-refractivity contribution in [3.63, 3.8) is 0 Å². The van der Waals surface area contributed by atoms with E-state index in [1.807, 2.05) is 0 Å². The van der Waals surface area contributed by atoms with E-state index in [1.165, 1.54) is 48.5 Å². The van der Waals surface area contributed by atoms with Gasteiger partial charge in [-0.05, 0) is 18.2 Å². The van der Waals surface area contributed by atoms with Crippen LogP contribution in [0.15, 0.2) is 41.3 Å². The Bertz CT molecular complexity index is 833. The van der Waals surface area contributed by atoms with Crippen LogP contribution in [0.25, 0.3) is 0 Å². The van der Waals surface area contributed by atoms with Crippen molar-refractivity contribution in [1.29, 1.82) is 0 Å². The number of benzene rings is 1. The highest BCUT2D eigenvalue weighted by atomic mass is 19.1. The molecule has 1 aliphatic rings. The fourth-order valence-corrected chi connectivity index (χ4v) is 2.86. The summed E-state index contributed by atoms with van der Waals surface area (Å²) in [4.78, 5) is 27.5. The predicted octanol–water partition coefficient (Wildman–Crippen LogP) is 1.18. The fraction of sp³-hybridized carbons (Fsp3) is 0.333. The first-order chi connectivity index (χ1) is 12.5. The molecule has 1 fully saturated rings. The quantitative estimate of drug-likeness (QED) is 0.852. The number of hydrogen-bond acceptors (Lipinski definition) is 5. The summed E-state index contributed by atoms with van der Waals surface area (Å²) in [6.45, 7) is 0.468. The molecule has 26 heavy (non-hydrogen) atoms. The monoisotopic (exact) mass is 362 g/mol. The lowest BCUT2D eigenvalue weighted by atomic mass is 10.0. The first-order valence-electron chi connectivity index (χ1n) is 8.14. The number of aromatic amines is 1. The molecule has 0 unspecified atom stereocenters. The number of aliphatic hydroxyl groups excluding tert-OH is 1. The number of ether oxygens (including phenoxy) is 2. The van der Waals surface area contributed by atoms with E-state index in [9.17, 15) is 19.1 Å². The van der Waals surface area contributed by atoms with E-state index in [-0.39, 0.29) is 23.8 Å². The first kappa shape index (κ1) is 17.9. The largest absolute Gasteiger partial charge is 0.493 e. The minimum absolute atomic E-state index is 0.0894. The number of hydrogen-bond donors (Lipinski definition) is 2. The second kappa shape index (κ2) is 7.57. The molecule has 2 aromatic rings. The Labute approximate surface area is 149 Å². The summed E-state index contributed by atoms with van der Waals surface area (Å²) in [5.41, 5.74) is 0.0540. The second-order valence-corrected chi connectivity index (χ2v) is 6.00. The Hall–Kier alpha value is -2.87. The van der Waals surface area contributed by atoms with Gasteiger partial charge >= 0.3 is 0 Å². The molecule has 2 heterocycles. The topological polar surface area (TPSA) is 91.9 Å². The Kier molecular flexibility index (Phi) is 5.22. The molecule has 1 aromatic heterocycles. The van der Waals surface area contributed by atoms with Crippen molar-refractivity contribution in [3.05, 3.63) is 58.3 Å². The van der Waals surface area contributed by atoms with Crippen LogP contribution in [0.3, 0.4) is 0 Å². The van der Waals surface area contributed by atoms with Gasteiger partial charge in [0.1, 0.15) is 18.0 Å². The normalized spacial score (nSPS) is 19.9. The summed E-state index contributed by atoms with van der Waals surface area (Å²) in [5, 5.41) is 10.4. The predicted molar refractivity (Wildman–Crippen MR) is 91.0 cm³/mol. The standard InChI is InChI=1S/C18H19FN2O5/c1-25-16-8-12(19)3-4-15(16)26-14-6-7-21(10-13(14)22)18(24)11-2-5-17(23)20-9-11/h2-5,8-9,13-14,22H,6-7,10H2,1H3,(H,20,23)/t13-,14-/m1/s1. The molecule has 0 saturated carbocycles. The van der Waals surface area contributed by atoms with Crippen molar-refractivity contribution < 1.29 is 23.8 Å². The van der Waals surface area contributed by atoms with Crippen molar-refractivity contribution in [2.45, 2.75) is 18.6 Å². The van der Waals surface area contributed by atoms with Crippen molar-refractivity contribution in [1.82, 2.24) is 9.88 Å². The maximum atomic E-state index is 13.3. The number of amides is 1. The number of aromatic nitrogens is 1. The van der Waals surface area contributed by atoms with Crippen LogP contribution in [0.4, 0.5) is 4.39 Å². The van der Waals surface area contributed by atoms with E-state index in [2.05, 4.69) is 4.98 Å². The lowest BCUT2D eigenvalue weighted by Crippen LogP contribution is -2.51. The van der Waals surface area contributed by atoms with Crippen LogP contribution in [-0.4, -0.2) is 53.3 Å². The number of methoxy groups -OCH3 is 1. The Morgan fingerprint density at radius 2 is 2.12 bits per heavy atom. The molecule has 2 atom stereocenters. The molecule has 3 rings (SSSR count). The van der Waals surface area contributed by atoms with Gasteiger partial charge < -0.3 is 24.5 Å². The van der Waals surface area contributed by atoms with Gasteiger partial charge in [0.15, 0.2) is 11.5 Å². The van der Waals surface area contributed by atoms with E-state index in [0.29, 0.717) is 24.3 Å². The summed E-state index contributed by atoms with van der Waals surface area (Å²) in [6.07, 6.45) is 0.291. The highest BCUT2D eigenvalue weighted by Crippen LogP contribution is 2.30. The van der Waals surface area contributed by atoms with Crippen LogP contribution >= 0.6 is 0 Å². The number of H-pyrrole nitrogens is 1. The van der Waals surface area contributed by atoms with Crippen molar-refractivity contribution >= 4 is 5.91 Å². The molecule has 0 bridgehead atoms. The molecule has 2 N–H and O–H groups in total. The van der Waals surface area contributed by atoms with Gasteiger partial charge in [-0.2, -0.15) is 0 Å². The average Bonchev–Trinajstić information content (AvgIpc) is 2.64. The zero-order valence-corrected chi connectivity index (χ0v) is 14.1. The van der Waals surface area contributed by atoms with Crippen molar-refractivity contribution in [2.75, 3.05) is 20.2 Å². The minimum Gasteiger partial charge on any atom is -0.493 e. The van der Waals surface area contributed by atoms with Crippen LogP contribution in [0, 0.1) is 5.82 Å². The first-order valence-corrected chi connectivity index (χ1v) is 8.14. The van der Waals surface area contributed by atoms with Gasteiger partial charge in [-0.15, -0.1) is 0 Å². The zero-order valence-electron chi connectivity index (χ0n) is 14.1. The van der Waals surface area contributed by atoms with Gasteiger partial charge in [0, 0.05) is 31.3 Å². The molecule has 8 heteroatoms. The molecule has 7 nitrogen and oxygen atoms in total. The molecule has 0 aliphatic carbocycles. The Morgan fingerprint density at radius 1 is 1.31 bits per heavy atom. The van der Waals surface area contributed by atoms with Gasteiger partial charge in [-0.25, -0.2) is 4.39 Å². The Balaban J connectivity index is 1.66. The van der Waals surface area contributed by atoms with E-state index in [1.54, 1.807) is 0 Å². The average molecular weight is 362 g/mol. The molecule has 138 valence electrons. The SMILES string of the molecule is COc1cc(F)ccc1O[C@@H]1CCN(C(=O)c2ccc(=O)[nH]c2)C[C@H]1O. The lowest BCUT2D eigenvalue weighted by molar-refractivity contribution is -0.0207. The van der Waals surface area contributed by atoms with E-state index < -0.39 is 18.0 Å². The third-order valence-electron chi connectivity index (χ3n) is 4.24. The van der Waals surface area contributed by atoms with Crippen LogP contribution in [-0.2, 0) is 0 Å². The number of nitrogens with zero attached hydrogens (tertiary/aromatic N) is 1. The smallest absolute Gasteiger partial charge is 0.255 e. The summed E-state index contributed by atoms with van der Waals surface area (Å²) in [5.74, 6) is -0.156. The number of likely N-dealkylation sites (tertiary alicyclic amines) is 1. The van der Waals surface area contributed by atoms with Crippen LogP contribution in [0.2, 0.25) is 0 Å². The molecule has 1 saturated heterocycles. The van der Waals surface area contributed by atoms with Crippen LogP contribution in [0.1, 0.15) is 16.8 Å². The lowest BCUT2D eigenvalue weighted by Gasteiger charge is -2.36. The van der Waals surface area contributed by atoms with Gasteiger partial charge in [-0.1, -0.05) is 0 Å².